The Morgan fingerprint density at radius 2 is 2.23 bits per heavy atom. The third kappa shape index (κ3) is 2.60. The average molecular weight is 359 g/mol. The topological polar surface area (TPSA) is 106 Å². The molecule has 1 aliphatic carbocycles. The fourth-order valence-electron chi connectivity index (χ4n) is 4.36. The second-order valence-electron chi connectivity index (χ2n) is 7.26. The van der Waals surface area contributed by atoms with Crippen LogP contribution in [0.15, 0.2) is 18.5 Å². The highest BCUT2D eigenvalue weighted by molar-refractivity contribution is 5.94. The Balaban J connectivity index is 1.49. The van der Waals surface area contributed by atoms with Gasteiger partial charge in [0.15, 0.2) is 0 Å². The van der Waals surface area contributed by atoms with Gasteiger partial charge in [-0.25, -0.2) is 9.97 Å². The number of imidazole rings is 1. The second-order valence-corrected chi connectivity index (χ2v) is 7.26. The van der Waals surface area contributed by atoms with E-state index in [-0.39, 0.29) is 23.5 Å². The molecule has 1 aliphatic heterocycles. The molecule has 2 atom stereocenters. The molecule has 0 radical (unpaired) electrons. The van der Waals surface area contributed by atoms with Crippen molar-refractivity contribution in [1.29, 1.82) is 0 Å². The van der Waals surface area contributed by atoms with Crippen LogP contribution in [0.4, 0.5) is 0 Å². The van der Waals surface area contributed by atoms with E-state index >= 15 is 0 Å². The van der Waals surface area contributed by atoms with Gasteiger partial charge in [0.25, 0.3) is 5.91 Å². The summed E-state index contributed by atoms with van der Waals surface area (Å²) >= 11 is 0. The third-order valence-electron chi connectivity index (χ3n) is 5.94. The van der Waals surface area contributed by atoms with Crippen molar-refractivity contribution in [2.45, 2.75) is 38.4 Å². The number of aliphatic hydroxyl groups is 1. The molecule has 0 bridgehead atoms. The van der Waals surface area contributed by atoms with Crippen LogP contribution in [0.25, 0.3) is 5.78 Å². The van der Waals surface area contributed by atoms with Crippen LogP contribution in [0.1, 0.15) is 35.4 Å². The summed E-state index contributed by atoms with van der Waals surface area (Å²) in [6.45, 7) is 4.03. The summed E-state index contributed by atoms with van der Waals surface area (Å²) in [6.07, 6.45) is 5.30. The van der Waals surface area contributed by atoms with Crippen molar-refractivity contribution in [3.05, 3.63) is 29.8 Å². The fourth-order valence-corrected chi connectivity index (χ4v) is 4.36. The van der Waals surface area contributed by atoms with Crippen molar-refractivity contribution >= 4 is 11.7 Å². The number of nitrogens with two attached hydrogens (primary N) is 1. The molecular formula is C18H25N5O3. The lowest BCUT2D eigenvalue weighted by molar-refractivity contribution is -0.208. The molecule has 1 spiro atoms. The average Bonchev–Trinajstić information content (AvgIpc) is 3.00. The Labute approximate surface area is 152 Å². The molecule has 2 fully saturated rings. The number of carbonyl (C=O) groups excluding carboxylic acids is 1. The molecule has 8 nitrogen and oxygen atoms in total. The molecule has 26 heavy (non-hydrogen) atoms. The molecule has 8 heteroatoms. The Morgan fingerprint density at radius 1 is 1.46 bits per heavy atom. The number of amides is 1. The predicted molar refractivity (Wildman–Crippen MR) is 94.7 cm³/mol. The molecule has 1 saturated carbocycles. The quantitative estimate of drug-likeness (QED) is 0.817. The highest BCUT2D eigenvalue weighted by Crippen LogP contribution is 2.51. The van der Waals surface area contributed by atoms with Gasteiger partial charge in [-0.1, -0.05) is 0 Å². The first-order valence-electron chi connectivity index (χ1n) is 9.15. The highest BCUT2D eigenvalue weighted by atomic mass is 16.5. The van der Waals surface area contributed by atoms with Gasteiger partial charge in [0.1, 0.15) is 5.69 Å². The first-order chi connectivity index (χ1) is 12.6. The van der Waals surface area contributed by atoms with E-state index in [1.54, 1.807) is 16.7 Å². The molecule has 4 rings (SSSR count). The third-order valence-corrected chi connectivity index (χ3v) is 5.94. The largest absolute Gasteiger partial charge is 0.392 e. The predicted octanol–water partition coefficient (Wildman–Crippen LogP) is 0.369. The summed E-state index contributed by atoms with van der Waals surface area (Å²) in [5.41, 5.74) is 6.54. The molecule has 3 N–H and O–H groups in total. The number of aliphatic hydroxyl groups excluding tert-OH is 1. The van der Waals surface area contributed by atoms with Crippen molar-refractivity contribution in [2.75, 3.05) is 26.2 Å². The van der Waals surface area contributed by atoms with Crippen molar-refractivity contribution in [1.82, 2.24) is 19.3 Å². The zero-order valence-corrected chi connectivity index (χ0v) is 15.0. The minimum absolute atomic E-state index is 0.0360. The molecule has 3 heterocycles. The van der Waals surface area contributed by atoms with Gasteiger partial charge in [0.2, 0.25) is 5.78 Å². The van der Waals surface area contributed by atoms with Crippen LogP contribution in [0, 0.1) is 12.3 Å². The van der Waals surface area contributed by atoms with Crippen molar-refractivity contribution in [2.24, 2.45) is 11.1 Å². The zero-order chi connectivity index (χ0) is 18.3. The van der Waals surface area contributed by atoms with E-state index in [0.29, 0.717) is 49.8 Å². The van der Waals surface area contributed by atoms with Crippen LogP contribution in [0.3, 0.4) is 0 Å². The molecule has 2 aromatic rings. The number of carbonyl (C=O) groups is 1. The van der Waals surface area contributed by atoms with E-state index in [0.717, 1.165) is 12.8 Å². The maximum Gasteiger partial charge on any atom is 0.272 e. The van der Waals surface area contributed by atoms with Gasteiger partial charge in [0, 0.05) is 43.9 Å². The van der Waals surface area contributed by atoms with Crippen LogP contribution in [0.2, 0.25) is 0 Å². The summed E-state index contributed by atoms with van der Waals surface area (Å²) in [7, 11) is 0. The number of likely N-dealkylation sites (tertiary alicyclic amines) is 1. The minimum atomic E-state index is -0.357. The monoisotopic (exact) mass is 359 g/mol. The van der Waals surface area contributed by atoms with Gasteiger partial charge in [-0.2, -0.15) is 0 Å². The normalized spacial score (nSPS) is 24.8. The van der Waals surface area contributed by atoms with Gasteiger partial charge in [-0.3, -0.25) is 9.20 Å². The first-order valence-corrected chi connectivity index (χ1v) is 9.15. The van der Waals surface area contributed by atoms with E-state index < -0.39 is 0 Å². The van der Waals surface area contributed by atoms with Crippen molar-refractivity contribution < 1.29 is 14.6 Å². The standard InChI is InChI=1S/C18H25N5O3/c1-12-15(23-7-2-6-20-17(23)21-12)16(25)22-8-3-18(4-9-22)13(24)11-14(18)26-10-5-19/h2,6-7,13-14,24H,3-5,8-11,19H2,1H3/t13-,14+/m0/s1. The molecule has 140 valence electrons. The Morgan fingerprint density at radius 3 is 2.92 bits per heavy atom. The maximum absolute atomic E-state index is 13.1. The highest BCUT2D eigenvalue weighted by Gasteiger charge is 2.56. The lowest BCUT2D eigenvalue weighted by atomic mass is 9.58. The van der Waals surface area contributed by atoms with Gasteiger partial charge in [-0.05, 0) is 25.8 Å². The summed E-state index contributed by atoms with van der Waals surface area (Å²) in [5.74, 6) is 0.498. The molecule has 0 unspecified atom stereocenters. The number of hydrogen-bond donors (Lipinski definition) is 2. The van der Waals surface area contributed by atoms with Crippen molar-refractivity contribution in [3.63, 3.8) is 0 Å². The van der Waals surface area contributed by atoms with E-state index in [2.05, 4.69) is 9.97 Å². The zero-order valence-electron chi connectivity index (χ0n) is 15.0. The first kappa shape index (κ1) is 17.4. The molecule has 1 amide bonds. The molecule has 0 aromatic carbocycles. The van der Waals surface area contributed by atoms with Crippen LogP contribution < -0.4 is 5.73 Å². The van der Waals surface area contributed by atoms with Gasteiger partial charge in [0.05, 0.1) is 24.5 Å². The molecular weight excluding hydrogens is 334 g/mol. The Bertz CT molecular complexity index is 812. The number of ether oxygens (including phenoxy) is 1. The SMILES string of the molecule is Cc1nc2ncccn2c1C(=O)N1CCC2(CC1)[C@@H](O)C[C@H]2OCCN. The minimum Gasteiger partial charge on any atom is -0.392 e. The summed E-state index contributed by atoms with van der Waals surface area (Å²) in [4.78, 5) is 23.5. The van der Waals surface area contributed by atoms with E-state index in [9.17, 15) is 9.90 Å². The molecule has 2 aromatic heterocycles. The van der Waals surface area contributed by atoms with Crippen LogP contribution in [-0.4, -0.2) is 68.7 Å². The van der Waals surface area contributed by atoms with Crippen LogP contribution >= 0.6 is 0 Å². The number of nitrogens with zero attached hydrogens (tertiary/aromatic N) is 4. The molecule has 2 aliphatic rings. The number of aryl methyl sites for hydroxylation is 1. The summed E-state index contributed by atoms with van der Waals surface area (Å²) in [6, 6.07) is 1.79. The number of rotatable bonds is 4. The lowest BCUT2D eigenvalue weighted by Crippen LogP contribution is -2.63. The number of hydrogen-bond acceptors (Lipinski definition) is 6. The second kappa shape index (κ2) is 6.61. The van der Waals surface area contributed by atoms with Gasteiger partial charge < -0.3 is 20.5 Å². The van der Waals surface area contributed by atoms with Crippen LogP contribution in [0.5, 0.6) is 0 Å². The lowest BCUT2D eigenvalue weighted by Gasteiger charge is -2.56. The number of piperidine rings is 1. The smallest absolute Gasteiger partial charge is 0.272 e. The van der Waals surface area contributed by atoms with Gasteiger partial charge >= 0.3 is 0 Å². The van der Waals surface area contributed by atoms with Crippen LogP contribution in [-0.2, 0) is 4.74 Å². The number of fused-ring (bicyclic) bond motifs is 1. The number of aromatic nitrogens is 3. The summed E-state index contributed by atoms with van der Waals surface area (Å²) < 4.78 is 7.57. The van der Waals surface area contributed by atoms with Crippen molar-refractivity contribution in [3.8, 4) is 0 Å². The Hall–Kier alpha value is -2.03. The fraction of sp³-hybridized carbons (Fsp3) is 0.611. The van der Waals surface area contributed by atoms with E-state index in [1.165, 1.54) is 0 Å². The maximum atomic E-state index is 13.1. The summed E-state index contributed by atoms with van der Waals surface area (Å²) in [5, 5.41) is 10.4. The van der Waals surface area contributed by atoms with Gasteiger partial charge in [-0.15, -0.1) is 0 Å². The molecule has 1 saturated heterocycles. The van der Waals surface area contributed by atoms with E-state index in [4.69, 9.17) is 10.5 Å². The Kier molecular flexibility index (Phi) is 4.42. The van der Waals surface area contributed by atoms with E-state index in [1.807, 2.05) is 18.0 Å².